The van der Waals surface area contributed by atoms with E-state index in [1.165, 1.54) is 17.9 Å². The normalized spacial score (nSPS) is 11.9. The maximum absolute atomic E-state index is 13.2. The molecule has 0 radical (unpaired) electrons. The number of methoxy groups -OCH3 is 1. The molecule has 4 nitrogen and oxygen atoms in total. The van der Waals surface area contributed by atoms with Gasteiger partial charge in [0.25, 0.3) is 0 Å². The molecule has 0 bridgehead atoms. The second kappa shape index (κ2) is 5.17. The number of halogens is 4. The van der Waals surface area contributed by atoms with Crippen LogP contribution in [0, 0.1) is 0 Å². The van der Waals surface area contributed by atoms with Crippen LogP contribution in [0.1, 0.15) is 5.56 Å². The Morgan fingerprint density at radius 3 is 2.68 bits per heavy atom. The highest BCUT2D eigenvalue weighted by atomic mass is 35.5. The number of hydrogen-bond acceptors (Lipinski definition) is 3. The number of hydrogen-bond donors (Lipinski definition) is 0. The van der Waals surface area contributed by atoms with E-state index in [1.807, 2.05) is 0 Å². The Bertz CT molecular complexity index is 845. The third-order valence-corrected chi connectivity index (χ3v) is 3.36. The van der Waals surface area contributed by atoms with Crippen LogP contribution in [-0.4, -0.2) is 21.6 Å². The summed E-state index contributed by atoms with van der Waals surface area (Å²) in [6, 6.07) is 6.79. The topological polar surface area (TPSA) is 39.9 Å². The number of rotatable bonds is 2. The lowest BCUT2D eigenvalue weighted by Crippen LogP contribution is -2.13. The molecule has 2 aromatic heterocycles. The summed E-state index contributed by atoms with van der Waals surface area (Å²) in [6.07, 6.45) is -2.41. The molecule has 0 saturated carbocycles. The van der Waals surface area contributed by atoms with Gasteiger partial charge in [0, 0.05) is 23.8 Å². The van der Waals surface area contributed by atoms with Gasteiger partial charge in [-0.1, -0.05) is 0 Å². The molecule has 1 aromatic carbocycles. The lowest BCUT2D eigenvalue weighted by molar-refractivity contribution is -0.137. The number of ether oxygens (including phenoxy) is 1. The van der Waals surface area contributed by atoms with Gasteiger partial charge in [-0.2, -0.15) is 18.2 Å². The van der Waals surface area contributed by atoms with E-state index in [1.54, 1.807) is 24.3 Å². The molecule has 3 rings (SSSR count). The summed E-state index contributed by atoms with van der Waals surface area (Å²) in [4.78, 5) is 7.17. The zero-order valence-electron chi connectivity index (χ0n) is 11.2. The van der Waals surface area contributed by atoms with Gasteiger partial charge in [0.05, 0.1) is 12.6 Å². The van der Waals surface area contributed by atoms with E-state index in [-0.39, 0.29) is 11.1 Å². The smallest absolute Gasteiger partial charge is 0.421 e. The molecule has 0 saturated heterocycles. The first kappa shape index (κ1) is 14.6. The van der Waals surface area contributed by atoms with Crippen LogP contribution in [0.25, 0.3) is 16.7 Å². The van der Waals surface area contributed by atoms with Crippen LogP contribution < -0.4 is 4.74 Å². The first-order chi connectivity index (χ1) is 10.4. The molecule has 0 fully saturated rings. The van der Waals surface area contributed by atoms with Crippen LogP contribution in [0.5, 0.6) is 5.75 Å². The number of benzene rings is 1. The molecule has 0 amide bonds. The van der Waals surface area contributed by atoms with Gasteiger partial charge in [-0.15, -0.1) is 0 Å². The Balaban J connectivity index is 2.29. The Kier molecular flexibility index (Phi) is 3.44. The van der Waals surface area contributed by atoms with E-state index in [0.717, 1.165) is 5.39 Å². The molecule has 2 heterocycles. The molecule has 22 heavy (non-hydrogen) atoms. The van der Waals surface area contributed by atoms with Crippen molar-refractivity contribution in [1.29, 1.82) is 0 Å². The molecule has 114 valence electrons. The highest BCUT2D eigenvalue weighted by Gasteiger charge is 2.36. The number of aromatic nitrogens is 3. The van der Waals surface area contributed by atoms with E-state index in [0.29, 0.717) is 17.5 Å². The van der Waals surface area contributed by atoms with E-state index >= 15 is 0 Å². The lowest BCUT2D eigenvalue weighted by atomic mass is 10.2. The predicted octanol–water partition coefficient (Wildman–Crippen LogP) is 4.10. The number of alkyl halides is 3. The van der Waals surface area contributed by atoms with Gasteiger partial charge in [-0.05, 0) is 29.8 Å². The van der Waals surface area contributed by atoms with Crippen LogP contribution >= 0.6 is 11.6 Å². The van der Waals surface area contributed by atoms with Gasteiger partial charge < -0.3 is 9.30 Å². The average Bonchev–Trinajstić information content (AvgIpc) is 2.88. The summed E-state index contributed by atoms with van der Waals surface area (Å²) in [5.74, 6) is 0.205. The summed E-state index contributed by atoms with van der Waals surface area (Å²) in [5, 5.41) is 0.497. The maximum atomic E-state index is 13.2. The highest BCUT2D eigenvalue weighted by molar-refractivity contribution is 6.28. The van der Waals surface area contributed by atoms with Crippen molar-refractivity contribution < 1.29 is 17.9 Å². The van der Waals surface area contributed by atoms with Crippen molar-refractivity contribution >= 4 is 22.5 Å². The van der Waals surface area contributed by atoms with Crippen molar-refractivity contribution in [2.75, 3.05) is 7.11 Å². The SMILES string of the molecule is COc1ccc2ccn(-c3nc(Cl)ncc3C(F)(F)F)c2c1. The van der Waals surface area contributed by atoms with E-state index in [9.17, 15) is 13.2 Å². The Morgan fingerprint density at radius 1 is 1.23 bits per heavy atom. The van der Waals surface area contributed by atoms with Crippen LogP contribution in [0.15, 0.2) is 36.7 Å². The van der Waals surface area contributed by atoms with Crippen LogP contribution in [0.3, 0.4) is 0 Å². The fraction of sp³-hybridized carbons (Fsp3) is 0.143. The maximum Gasteiger partial charge on any atom is 0.421 e. The van der Waals surface area contributed by atoms with Crippen molar-refractivity contribution in [3.05, 3.63) is 47.5 Å². The van der Waals surface area contributed by atoms with Crippen molar-refractivity contribution in [1.82, 2.24) is 14.5 Å². The minimum absolute atomic E-state index is 0.257. The van der Waals surface area contributed by atoms with Gasteiger partial charge in [-0.3, -0.25) is 0 Å². The summed E-state index contributed by atoms with van der Waals surface area (Å²) < 4.78 is 45.9. The first-order valence-electron chi connectivity index (χ1n) is 6.15. The van der Waals surface area contributed by atoms with Gasteiger partial charge in [0.15, 0.2) is 5.82 Å². The van der Waals surface area contributed by atoms with E-state index in [4.69, 9.17) is 16.3 Å². The summed E-state index contributed by atoms with van der Waals surface area (Å²) >= 11 is 5.67. The highest BCUT2D eigenvalue weighted by Crippen LogP contribution is 2.34. The molecule has 0 spiro atoms. The molecule has 8 heteroatoms. The largest absolute Gasteiger partial charge is 0.497 e. The fourth-order valence-electron chi connectivity index (χ4n) is 2.16. The monoisotopic (exact) mass is 327 g/mol. The molecule has 0 aliphatic carbocycles. The molecule has 0 unspecified atom stereocenters. The summed E-state index contributed by atoms with van der Waals surface area (Å²) in [5.41, 5.74) is -0.433. The minimum atomic E-state index is -4.59. The lowest BCUT2D eigenvalue weighted by Gasteiger charge is -2.13. The molecule has 0 N–H and O–H groups in total. The molecular weight excluding hydrogens is 319 g/mol. The quantitative estimate of drug-likeness (QED) is 0.665. The van der Waals surface area contributed by atoms with Gasteiger partial charge in [0.2, 0.25) is 5.28 Å². The van der Waals surface area contributed by atoms with Crippen molar-refractivity contribution in [2.45, 2.75) is 6.18 Å². The molecule has 0 aliphatic rings. The summed E-state index contributed by atoms with van der Waals surface area (Å²) in [6.45, 7) is 0. The second-order valence-corrected chi connectivity index (χ2v) is 4.82. The standard InChI is InChI=1S/C14H9ClF3N3O/c1-22-9-3-2-8-4-5-21(11(8)6-9)12-10(14(16,17)18)7-19-13(15)20-12/h2-7H,1H3. The van der Waals surface area contributed by atoms with Gasteiger partial charge in [-0.25, -0.2) is 4.98 Å². The van der Waals surface area contributed by atoms with Crippen molar-refractivity contribution in [3.8, 4) is 11.6 Å². The third kappa shape index (κ3) is 2.48. The zero-order chi connectivity index (χ0) is 15.9. The number of nitrogens with zero attached hydrogens (tertiary/aromatic N) is 3. The zero-order valence-corrected chi connectivity index (χ0v) is 12.0. The van der Waals surface area contributed by atoms with Gasteiger partial charge >= 0.3 is 6.18 Å². The second-order valence-electron chi connectivity index (χ2n) is 4.48. The molecule has 0 aliphatic heterocycles. The van der Waals surface area contributed by atoms with Crippen molar-refractivity contribution in [3.63, 3.8) is 0 Å². The third-order valence-electron chi connectivity index (χ3n) is 3.17. The molecular formula is C14H9ClF3N3O. The Labute approximate surface area is 128 Å². The van der Waals surface area contributed by atoms with Crippen LogP contribution in [-0.2, 0) is 6.18 Å². The fourth-order valence-corrected chi connectivity index (χ4v) is 2.28. The Morgan fingerprint density at radius 2 is 2.00 bits per heavy atom. The van der Waals surface area contributed by atoms with Crippen LogP contribution in [0.4, 0.5) is 13.2 Å². The van der Waals surface area contributed by atoms with Crippen LogP contribution in [0.2, 0.25) is 5.28 Å². The Hall–Kier alpha value is -2.28. The average molecular weight is 328 g/mol. The predicted molar refractivity (Wildman–Crippen MR) is 75.4 cm³/mol. The number of fused-ring (bicyclic) bond motifs is 1. The molecule has 3 aromatic rings. The molecule has 0 atom stereocenters. The van der Waals surface area contributed by atoms with E-state index in [2.05, 4.69) is 9.97 Å². The van der Waals surface area contributed by atoms with Crippen molar-refractivity contribution in [2.24, 2.45) is 0 Å². The summed E-state index contributed by atoms with van der Waals surface area (Å²) in [7, 11) is 1.48. The minimum Gasteiger partial charge on any atom is -0.497 e. The van der Waals surface area contributed by atoms with E-state index < -0.39 is 11.7 Å². The first-order valence-corrected chi connectivity index (χ1v) is 6.53. The van der Waals surface area contributed by atoms with Gasteiger partial charge in [0.1, 0.15) is 11.3 Å².